The molecular weight excluding hydrogens is 224 g/mol. The molecule has 2 nitrogen and oxygen atoms in total. The monoisotopic (exact) mass is 240 g/mol. The summed E-state index contributed by atoms with van der Waals surface area (Å²) in [7, 11) is 3.32. The van der Waals surface area contributed by atoms with Crippen LogP contribution in [0.3, 0.4) is 0 Å². The van der Waals surface area contributed by atoms with Crippen LogP contribution in [0.2, 0.25) is 0 Å². The van der Waals surface area contributed by atoms with Gasteiger partial charge in [0.25, 0.3) is 0 Å². The zero-order valence-corrected chi connectivity index (χ0v) is 10.7. The number of ether oxygens (including phenoxy) is 2. The number of hydrogen-bond donors (Lipinski definition) is 0. The van der Waals surface area contributed by atoms with Crippen LogP contribution >= 0.6 is 0 Å². The molecule has 0 bridgehead atoms. The van der Waals surface area contributed by atoms with Crippen LogP contribution in [0.5, 0.6) is 11.5 Å². The maximum absolute atomic E-state index is 5.52. The molecule has 0 unspecified atom stereocenters. The van der Waals surface area contributed by atoms with Gasteiger partial charge in [-0.05, 0) is 0 Å². The third kappa shape index (κ3) is 1.66. The van der Waals surface area contributed by atoms with E-state index in [4.69, 9.17) is 9.47 Å². The Hall–Kier alpha value is -2.22. The average Bonchev–Trinajstić information content (AvgIpc) is 2.44. The molecule has 0 saturated heterocycles. The Morgan fingerprint density at radius 1 is 0.833 bits per heavy atom. The van der Waals surface area contributed by atoms with Crippen molar-refractivity contribution in [3.8, 4) is 11.5 Å². The lowest BCUT2D eigenvalue weighted by atomic mass is 9.97. The summed E-state index contributed by atoms with van der Waals surface area (Å²) in [6.45, 7) is 7.69. The van der Waals surface area contributed by atoms with Crippen LogP contribution < -0.4 is 9.47 Å². The molecule has 2 heteroatoms. The van der Waals surface area contributed by atoms with Crippen molar-refractivity contribution in [2.45, 2.75) is 0 Å². The first-order valence-corrected chi connectivity index (χ1v) is 5.70. The Morgan fingerprint density at radius 3 is 1.50 bits per heavy atom. The van der Waals surface area contributed by atoms with Crippen molar-refractivity contribution in [1.82, 2.24) is 0 Å². The molecule has 0 spiro atoms. The standard InChI is InChI=1S/C16H16O2/c1-5-11-12(6-2)16(18-4)14-10-8-7-9-13(14)15(11)17-3/h5-10H,1-2H2,3-4H3. The molecule has 2 aromatic carbocycles. The molecule has 0 radical (unpaired) electrons. The Morgan fingerprint density at radius 2 is 1.22 bits per heavy atom. The van der Waals surface area contributed by atoms with E-state index in [1.807, 2.05) is 24.3 Å². The van der Waals surface area contributed by atoms with Crippen LogP contribution in [-0.2, 0) is 0 Å². The highest BCUT2D eigenvalue weighted by Crippen LogP contribution is 2.41. The molecule has 2 aromatic rings. The topological polar surface area (TPSA) is 18.5 Å². The Kier molecular flexibility index (Phi) is 3.38. The molecule has 0 heterocycles. The first kappa shape index (κ1) is 12.2. The number of benzene rings is 2. The van der Waals surface area contributed by atoms with Crippen molar-refractivity contribution in [2.24, 2.45) is 0 Å². The molecule has 18 heavy (non-hydrogen) atoms. The normalized spacial score (nSPS) is 10.1. The van der Waals surface area contributed by atoms with Crippen LogP contribution in [0.4, 0.5) is 0 Å². The van der Waals surface area contributed by atoms with Gasteiger partial charge in [0.1, 0.15) is 11.5 Å². The lowest BCUT2D eigenvalue weighted by molar-refractivity contribution is 0.409. The number of methoxy groups -OCH3 is 2. The summed E-state index contributed by atoms with van der Waals surface area (Å²) >= 11 is 0. The second-order valence-corrected chi connectivity index (χ2v) is 3.85. The van der Waals surface area contributed by atoms with E-state index in [9.17, 15) is 0 Å². The average molecular weight is 240 g/mol. The van der Waals surface area contributed by atoms with Crippen molar-refractivity contribution in [1.29, 1.82) is 0 Å². The molecule has 2 rings (SSSR count). The first-order valence-electron chi connectivity index (χ1n) is 5.70. The molecule has 0 saturated carbocycles. The molecule has 0 aliphatic rings. The highest BCUT2D eigenvalue weighted by Gasteiger charge is 2.16. The lowest BCUT2D eigenvalue weighted by Gasteiger charge is -2.17. The maximum Gasteiger partial charge on any atom is 0.134 e. The summed E-state index contributed by atoms with van der Waals surface area (Å²) in [5, 5.41) is 2.02. The van der Waals surface area contributed by atoms with Gasteiger partial charge in [0.15, 0.2) is 0 Å². The first-order chi connectivity index (χ1) is 8.78. The zero-order valence-electron chi connectivity index (χ0n) is 10.7. The molecule has 0 aromatic heterocycles. The van der Waals surface area contributed by atoms with Gasteiger partial charge in [-0.2, -0.15) is 0 Å². The fourth-order valence-corrected chi connectivity index (χ4v) is 2.26. The van der Waals surface area contributed by atoms with Gasteiger partial charge in [0.2, 0.25) is 0 Å². The Balaban J connectivity index is 3.03. The van der Waals surface area contributed by atoms with E-state index in [0.29, 0.717) is 0 Å². The van der Waals surface area contributed by atoms with E-state index in [0.717, 1.165) is 33.4 Å². The molecule has 0 aliphatic heterocycles. The summed E-state index contributed by atoms with van der Waals surface area (Å²) in [5.74, 6) is 1.60. The van der Waals surface area contributed by atoms with Crippen molar-refractivity contribution >= 4 is 22.9 Å². The molecule has 0 aliphatic carbocycles. The second-order valence-electron chi connectivity index (χ2n) is 3.85. The van der Waals surface area contributed by atoms with Gasteiger partial charge in [-0.25, -0.2) is 0 Å². The molecular formula is C16H16O2. The van der Waals surface area contributed by atoms with Crippen molar-refractivity contribution in [3.05, 3.63) is 48.6 Å². The SMILES string of the molecule is C=Cc1c(C=C)c(OC)c2ccccc2c1OC. The zero-order chi connectivity index (χ0) is 13.1. The van der Waals surface area contributed by atoms with Crippen molar-refractivity contribution < 1.29 is 9.47 Å². The second kappa shape index (κ2) is 4.96. The van der Waals surface area contributed by atoms with E-state index >= 15 is 0 Å². The van der Waals surface area contributed by atoms with E-state index in [-0.39, 0.29) is 0 Å². The van der Waals surface area contributed by atoms with Gasteiger partial charge in [0.05, 0.1) is 14.2 Å². The molecule has 0 fully saturated rings. The fourth-order valence-electron chi connectivity index (χ4n) is 2.26. The third-order valence-electron chi connectivity index (χ3n) is 3.01. The van der Waals surface area contributed by atoms with Gasteiger partial charge >= 0.3 is 0 Å². The van der Waals surface area contributed by atoms with Gasteiger partial charge in [0, 0.05) is 21.9 Å². The van der Waals surface area contributed by atoms with Crippen LogP contribution in [0.25, 0.3) is 22.9 Å². The molecule has 92 valence electrons. The maximum atomic E-state index is 5.52. The minimum absolute atomic E-state index is 0.802. The number of fused-ring (bicyclic) bond motifs is 1. The molecule has 0 N–H and O–H groups in total. The Bertz CT molecular complexity index is 558. The smallest absolute Gasteiger partial charge is 0.134 e. The van der Waals surface area contributed by atoms with E-state index in [1.165, 1.54) is 0 Å². The van der Waals surface area contributed by atoms with Gasteiger partial charge in [-0.1, -0.05) is 49.6 Å². The van der Waals surface area contributed by atoms with Gasteiger partial charge in [-0.3, -0.25) is 0 Å². The molecule has 0 atom stereocenters. The fraction of sp³-hybridized carbons (Fsp3) is 0.125. The van der Waals surface area contributed by atoms with Gasteiger partial charge in [-0.15, -0.1) is 0 Å². The van der Waals surface area contributed by atoms with Crippen LogP contribution in [0.1, 0.15) is 11.1 Å². The summed E-state index contributed by atoms with van der Waals surface area (Å²) in [6.07, 6.45) is 3.54. The van der Waals surface area contributed by atoms with Crippen LogP contribution in [0, 0.1) is 0 Å². The molecule has 0 amide bonds. The number of rotatable bonds is 4. The minimum atomic E-state index is 0.802. The quantitative estimate of drug-likeness (QED) is 0.799. The van der Waals surface area contributed by atoms with Crippen molar-refractivity contribution in [3.63, 3.8) is 0 Å². The highest BCUT2D eigenvalue weighted by atomic mass is 16.5. The Labute approximate surface area is 107 Å². The lowest BCUT2D eigenvalue weighted by Crippen LogP contribution is -1.97. The predicted octanol–water partition coefficient (Wildman–Crippen LogP) is 4.14. The van der Waals surface area contributed by atoms with E-state index in [1.54, 1.807) is 26.4 Å². The van der Waals surface area contributed by atoms with Crippen LogP contribution in [0.15, 0.2) is 37.4 Å². The third-order valence-corrected chi connectivity index (χ3v) is 3.01. The highest BCUT2D eigenvalue weighted by molar-refractivity contribution is 6.00. The van der Waals surface area contributed by atoms with E-state index < -0.39 is 0 Å². The largest absolute Gasteiger partial charge is 0.495 e. The summed E-state index contributed by atoms with van der Waals surface area (Å²) < 4.78 is 11.0. The summed E-state index contributed by atoms with van der Waals surface area (Å²) in [6, 6.07) is 7.97. The van der Waals surface area contributed by atoms with Crippen LogP contribution in [-0.4, -0.2) is 14.2 Å². The number of hydrogen-bond acceptors (Lipinski definition) is 2. The predicted molar refractivity (Wildman–Crippen MR) is 77.2 cm³/mol. The summed E-state index contributed by atoms with van der Waals surface area (Å²) in [4.78, 5) is 0. The van der Waals surface area contributed by atoms with E-state index in [2.05, 4.69) is 13.2 Å². The van der Waals surface area contributed by atoms with Crippen molar-refractivity contribution in [2.75, 3.05) is 14.2 Å². The minimum Gasteiger partial charge on any atom is -0.495 e. The van der Waals surface area contributed by atoms with Gasteiger partial charge < -0.3 is 9.47 Å². The summed E-state index contributed by atoms with van der Waals surface area (Å²) in [5.41, 5.74) is 1.81.